The molecule has 0 unspecified atom stereocenters. The lowest BCUT2D eigenvalue weighted by atomic mass is 10.0. The molecule has 0 fully saturated rings. The molecule has 0 aliphatic carbocycles. The van der Waals surface area contributed by atoms with Crippen LogP contribution >= 0.6 is 0 Å². The highest BCUT2D eigenvalue weighted by molar-refractivity contribution is 5.53. The van der Waals surface area contributed by atoms with Gasteiger partial charge in [-0.15, -0.1) is 0 Å². The minimum absolute atomic E-state index is 0.0854. The number of phenols is 2. The summed E-state index contributed by atoms with van der Waals surface area (Å²) in [5.41, 5.74) is 1.51. The number of para-hydroxylation sites is 1. The topological polar surface area (TPSA) is 58.9 Å². The third kappa shape index (κ3) is 2.79. The van der Waals surface area contributed by atoms with E-state index in [1.807, 2.05) is 12.1 Å². The fraction of sp³-hybridized carbons (Fsp3) is 0.250. The molecule has 2 aromatic carbocycles. The minimum Gasteiger partial charge on any atom is -0.508 e. The largest absolute Gasteiger partial charge is 0.508 e. The Morgan fingerprint density at radius 3 is 2.15 bits per heavy atom. The summed E-state index contributed by atoms with van der Waals surface area (Å²) in [6.45, 7) is 0. The summed E-state index contributed by atoms with van der Waals surface area (Å²) in [6, 6.07) is 10.6. The van der Waals surface area contributed by atoms with Crippen molar-refractivity contribution in [3.63, 3.8) is 0 Å². The third-order valence-electron chi connectivity index (χ3n) is 3.28. The van der Waals surface area contributed by atoms with E-state index < -0.39 is 0 Å². The van der Waals surface area contributed by atoms with Crippen LogP contribution in [0, 0.1) is 0 Å². The molecule has 106 valence electrons. The fourth-order valence-corrected chi connectivity index (χ4v) is 2.18. The van der Waals surface area contributed by atoms with E-state index in [0.29, 0.717) is 29.9 Å². The van der Waals surface area contributed by atoms with Crippen molar-refractivity contribution in [3.05, 3.63) is 47.5 Å². The van der Waals surface area contributed by atoms with Crippen molar-refractivity contribution in [2.75, 3.05) is 14.2 Å². The van der Waals surface area contributed by atoms with E-state index in [4.69, 9.17) is 9.47 Å². The van der Waals surface area contributed by atoms with Gasteiger partial charge in [0.05, 0.1) is 14.2 Å². The molecule has 0 radical (unpaired) electrons. The first-order valence-corrected chi connectivity index (χ1v) is 6.37. The van der Waals surface area contributed by atoms with Crippen molar-refractivity contribution in [2.45, 2.75) is 12.8 Å². The predicted octanol–water partition coefficient (Wildman–Crippen LogP) is 2.90. The number of rotatable bonds is 5. The summed E-state index contributed by atoms with van der Waals surface area (Å²) in [7, 11) is 3.07. The van der Waals surface area contributed by atoms with Gasteiger partial charge in [0.1, 0.15) is 11.5 Å². The fourth-order valence-electron chi connectivity index (χ4n) is 2.18. The molecule has 2 rings (SSSR count). The van der Waals surface area contributed by atoms with Crippen molar-refractivity contribution in [1.29, 1.82) is 0 Å². The predicted molar refractivity (Wildman–Crippen MR) is 76.7 cm³/mol. The molecule has 0 spiro atoms. The van der Waals surface area contributed by atoms with Crippen LogP contribution < -0.4 is 9.47 Å². The SMILES string of the molecule is COc1ccc(OC)c(CCc2ccccc2O)c1O. The Morgan fingerprint density at radius 1 is 0.850 bits per heavy atom. The highest BCUT2D eigenvalue weighted by Crippen LogP contribution is 2.37. The van der Waals surface area contributed by atoms with Gasteiger partial charge in [0.2, 0.25) is 0 Å². The number of aryl methyl sites for hydroxylation is 1. The summed E-state index contributed by atoms with van der Waals surface area (Å²) in [4.78, 5) is 0. The number of hydrogen-bond donors (Lipinski definition) is 2. The third-order valence-corrected chi connectivity index (χ3v) is 3.28. The number of hydrogen-bond acceptors (Lipinski definition) is 4. The Kier molecular flexibility index (Phi) is 4.35. The van der Waals surface area contributed by atoms with Crippen LogP contribution in [0.15, 0.2) is 36.4 Å². The van der Waals surface area contributed by atoms with Gasteiger partial charge in [0.15, 0.2) is 11.5 Å². The van der Waals surface area contributed by atoms with E-state index in [-0.39, 0.29) is 11.5 Å². The quantitative estimate of drug-likeness (QED) is 0.880. The second-order valence-electron chi connectivity index (χ2n) is 4.43. The van der Waals surface area contributed by atoms with Crippen molar-refractivity contribution in [2.24, 2.45) is 0 Å². The number of phenolic OH excluding ortho intramolecular Hbond substituents is 2. The lowest BCUT2D eigenvalue weighted by molar-refractivity contribution is 0.360. The van der Waals surface area contributed by atoms with Gasteiger partial charge in [-0.2, -0.15) is 0 Å². The smallest absolute Gasteiger partial charge is 0.164 e. The molecule has 0 heterocycles. The van der Waals surface area contributed by atoms with Gasteiger partial charge in [-0.25, -0.2) is 0 Å². The van der Waals surface area contributed by atoms with Gasteiger partial charge in [-0.1, -0.05) is 18.2 Å². The zero-order chi connectivity index (χ0) is 14.5. The van der Waals surface area contributed by atoms with Gasteiger partial charge >= 0.3 is 0 Å². The molecule has 20 heavy (non-hydrogen) atoms. The molecule has 0 bridgehead atoms. The second kappa shape index (κ2) is 6.19. The maximum atomic E-state index is 10.2. The van der Waals surface area contributed by atoms with E-state index in [1.165, 1.54) is 7.11 Å². The first kappa shape index (κ1) is 14.1. The van der Waals surface area contributed by atoms with E-state index in [9.17, 15) is 10.2 Å². The standard InChI is InChI=1S/C16H18O4/c1-19-14-9-10-15(20-2)16(18)12(14)8-7-11-5-3-4-6-13(11)17/h3-6,9-10,17-18H,7-8H2,1-2H3. The van der Waals surface area contributed by atoms with Crippen LogP contribution in [0.4, 0.5) is 0 Å². The van der Waals surface area contributed by atoms with Gasteiger partial charge in [-0.05, 0) is 36.6 Å². The molecular weight excluding hydrogens is 256 g/mol. The van der Waals surface area contributed by atoms with Crippen LogP contribution in [0.1, 0.15) is 11.1 Å². The molecule has 0 amide bonds. The van der Waals surface area contributed by atoms with E-state index in [0.717, 1.165) is 5.56 Å². The highest BCUT2D eigenvalue weighted by atomic mass is 16.5. The van der Waals surface area contributed by atoms with Crippen LogP contribution in [0.3, 0.4) is 0 Å². The zero-order valence-electron chi connectivity index (χ0n) is 11.6. The molecule has 4 heteroatoms. The summed E-state index contributed by atoms with van der Waals surface area (Å²) < 4.78 is 10.4. The maximum Gasteiger partial charge on any atom is 0.164 e. The number of methoxy groups -OCH3 is 2. The second-order valence-corrected chi connectivity index (χ2v) is 4.43. The Morgan fingerprint density at radius 2 is 1.50 bits per heavy atom. The average Bonchev–Trinajstić information content (AvgIpc) is 2.47. The number of ether oxygens (including phenoxy) is 2. The summed E-state index contributed by atoms with van der Waals surface area (Å²) in [6.07, 6.45) is 1.15. The summed E-state index contributed by atoms with van der Waals surface area (Å²) in [5.74, 6) is 1.37. The lowest BCUT2D eigenvalue weighted by Crippen LogP contribution is -1.98. The van der Waals surface area contributed by atoms with Crippen LogP contribution in [0.25, 0.3) is 0 Å². The lowest BCUT2D eigenvalue weighted by Gasteiger charge is -2.13. The molecule has 0 aliphatic rings. The molecular formula is C16H18O4. The molecule has 4 nitrogen and oxygen atoms in total. The van der Waals surface area contributed by atoms with Crippen molar-refractivity contribution < 1.29 is 19.7 Å². The zero-order valence-corrected chi connectivity index (χ0v) is 11.6. The highest BCUT2D eigenvalue weighted by Gasteiger charge is 2.14. The molecule has 0 saturated heterocycles. The Balaban J connectivity index is 2.26. The molecule has 0 aliphatic heterocycles. The number of benzene rings is 2. The van der Waals surface area contributed by atoms with Crippen LogP contribution in [-0.4, -0.2) is 24.4 Å². The van der Waals surface area contributed by atoms with Gasteiger partial charge in [-0.3, -0.25) is 0 Å². The van der Waals surface area contributed by atoms with Crippen molar-refractivity contribution in [1.82, 2.24) is 0 Å². The Hall–Kier alpha value is -2.36. The molecule has 0 atom stereocenters. The van der Waals surface area contributed by atoms with Gasteiger partial charge < -0.3 is 19.7 Å². The van der Waals surface area contributed by atoms with Gasteiger partial charge in [0.25, 0.3) is 0 Å². The molecule has 2 aromatic rings. The van der Waals surface area contributed by atoms with Crippen LogP contribution in [0.5, 0.6) is 23.0 Å². The van der Waals surface area contributed by atoms with E-state index in [1.54, 1.807) is 31.4 Å². The van der Waals surface area contributed by atoms with Crippen molar-refractivity contribution in [3.8, 4) is 23.0 Å². The molecule has 0 aromatic heterocycles. The first-order chi connectivity index (χ1) is 9.67. The van der Waals surface area contributed by atoms with Crippen LogP contribution in [-0.2, 0) is 12.8 Å². The molecule has 2 N–H and O–H groups in total. The monoisotopic (exact) mass is 274 g/mol. The average molecular weight is 274 g/mol. The normalized spacial score (nSPS) is 10.3. The molecule has 0 saturated carbocycles. The minimum atomic E-state index is 0.0854. The van der Waals surface area contributed by atoms with Gasteiger partial charge in [0, 0.05) is 5.56 Å². The van der Waals surface area contributed by atoms with Crippen LogP contribution in [0.2, 0.25) is 0 Å². The Labute approximate surface area is 118 Å². The summed E-state index contributed by atoms with van der Waals surface area (Å²) >= 11 is 0. The Bertz CT molecular complexity index is 593. The first-order valence-electron chi connectivity index (χ1n) is 6.37. The maximum absolute atomic E-state index is 10.2. The number of aromatic hydroxyl groups is 2. The van der Waals surface area contributed by atoms with E-state index >= 15 is 0 Å². The summed E-state index contributed by atoms with van der Waals surface area (Å²) in [5, 5.41) is 19.9. The van der Waals surface area contributed by atoms with Crippen molar-refractivity contribution >= 4 is 0 Å². The van der Waals surface area contributed by atoms with E-state index in [2.05, 4.69) is 0 Å².